The lowest BCUT2D eigenvalue weighted by atomic mass is 9.96. The standard InChI is InChI=1S/C28H30Cl2N6O5S/c1-31-28(36-8-5-19(15-36)42-41)32-12-22(27(39)40)33-25(37)23-21(29)11-16-13-35(9-6-20(16)24(23)30)26(38)17-10-18-4-2-3-7-34(18)14-17/h2-4,7,10-11,14,19,22,41H,5-6,8-9,12-13,15H2,1H3,(H,31,32)(H,33,37)(H,39,40)/t19-,22?/m0/s1. The molecule has 2 atom stereocenters. The van der Waals surface area contributed by atoms with Gasteiger partial charge in [0.1, 0.15) is 6.04 Å². The molecule has 5 rings (SSSR count). The molecule has 4 heterocycles. The van der Waals surface area contributed by atoms with Crippen LogP contribution in [0.1, 0.15) is 38.3 Å². The topological polar surface area (TPSA) is 139 Å². The fourth-order valence-corrected chi connectivity index (χ4v) is 6.57. The Morgan fingerprint density at radius 2 is 2.00 bits per heavy atom. The molecule has 11 nitrogen and oxygen atoms in total. The maximum Gasteiger partial charge on any atom is 0.328 e. The molecule has 2 amide bonds. The smallest absolute Gasteiger partial charge is 0.328 e. The van der Waals surface area contributed by atoms with Crippen LogP contribution >= 0.6 is 35.2 Å². The Morgan fingerprint density at radius 1 is 1.19 bits per heavy atom. The van der Waals surface area contributed by atoms with Gasteiger partial charge in [0.2, 0.25) is 0 Å². The molecule has 0 aliphatic carbocycles. The SMILES string of the molecule is CN=C(NCC(NC(=O)c1c(Cl)cc2c(c1Cl)CCN(C(=O)c1cc3ccccn3c1)C2)C(=O)O)N1CC[C@H](SO)C1. The monoisotopic (exact) mass is 632 g/mol. The van der Waals surface area contributed by atoms with Crippen LogP contribution in [0.5, 0.6) is 0 Å². The van der Waals surface area contributed by atoms with E-state index >= 15 is 0 Å². The van der Waals surface area contributed by atoms with E-state index in [9.17, 15) is 24.0 Å². The third-order valence-corrected chi connectivity index (χ3v) is 8.94. The Labute approximate surface area is 256 Å². The van der Waals surface area contributed by atoms with Crippen molar-refractivity contribution in [1.82, 2.24) is 24.8 Å². The van der Waals surface area contributed by atoms with Crippen molar-refractivity contribution >= 4 is 64.5 Å². The second-order valence-corrected chi connectivity index (χ2v) is 11.8. The summed E-state index contributed by atoms with van der Waals surface area (Å²) in [6, 6.07) is 7.89. The van der Waals surface area contributed by atoms with E-state index < -0.39 is 17.9 Å². The van der Waals surface area contributed by atoms with Crippen molar-refractivity contribution in [2.75, 3.05) is 33.2 Å². The van der Waals surface area contributed by atoms with Gasteiger partial charge >= 0.3 is 5.97 Å². The number of aliphatic imine (C=N–C) groups is 1. The molecule has 0 saturated carbocycles. The second kappa shape index (κ2) is 12.8. The Kier molecular flexibility index (Phi) is 9.16. The predicted octanol–water partition coefficient (Wildman–Crippen LogP) is 3.48. The molecule has 2 aromatic heterocycles. The number of guanidine groups is 1. The number of hydrogen-bond acceptors (Lipinski definition) is 6. The van der Waals surface area contributed by atoms with E-state index in [4.69, 9.17) is 23.2 Å². The van der Waals surface area contributed by atoms with Crippen LogP contribution in [0, 0.1) is 0 Å². The highest BCUT2D eigenvalue weighted by molar-refractivity contribution is 7.94. The molecule has 1 saturated heterocycles. The largest absolute Gasteiger partial charge is 0.480 e. The van der Waals surface area contributed by atoms with Crippen molar-refractivity contribution in [3.8, 4) is 0 Å². The van der Waals surface area contributed by atoms with Crippen molar-refractivity contribution in [2.24, 2.45) is 4.99 Å². The van der Waals surface area contributed by atoms with E-state index in [1.807, 2.05) is 39.8 Å². The fraction of sp³-hybridized carbons (Fsp3) is 0.357. The van der Waals surface area contributed by atoms with Gasteiger partial charge in [0.05, 0.1) is 26.4 Å². The number of nitrogens with one attached hydrogen (secondary N) is 2. The van der Waals surface area contributed by atoms with Crippen molar-refractivity contribution in [3.05, 3.63) is 75.0 Å². The van der Waals surface area contributed by atoms with Crippen LogP contribution in [-0.4, -0.2) is 92.1 Å². The number of nitrogens with zero attached hydrogens (tertiary/aromatic N) is 4. The third kappa shape index (κ3) is 6.17. The van der Waals surface area contributed by atoms with E-state index in [0.29, 0.717) is 43.1 Å². The highest BCUT2D eigenvalue weighted by atomic mass is 35.5. The number of carboxylic acid groups (broad SMARTS) is 1. The molecule has 42 heavy (non-hydrogen) atoms. The summed E-state index contributed by atoms with van der Waals surface area (Å²) < 4.78 is 11.2. The quantitative estimate of drug-likeness (QED) is 0.176. The van der Waals surface area contributed by atoms with Gasteiger partial charge in [0, 0.05) is 57.7 Å². The first-order valence-electron chi connectivity index (χ1n) is 13.3. The molecular formula is C28H30Cl2N6O5S. The van der Waals surface area contributed by atoms with Gasteiger partial charge in [-0.15, -0.1) is 0 Å². The van der Waals surface area contributed by atoms with E-state index in [1.165, 1.54) is 0 Å². The van der Waals surface area contributed by atoms with Crippen LogP contribution in [-0.2, 0) is 17.8 Å². The summed E-state index contributed by atoms with van der Waals surface area (Å²) in [5.74, 6) is -1.60. The summed E-state index contributed by atoms with van der Waals surface area (Å²) in [6.07, 6.45) is 4.85. The number of fused-ring (bicyclic) bond motifs is 2. The number of hydrogen-bond donors (Lipinski definition) is 4. The predicted molar refractivity (Wildman–Crippen MR) is 163 cm³/mol. The first kappa shape index (κ1) is 30.0. The Balaban J connectivity index is 1.27. The number of carbonyl (C=O) groups excluding carboxylic acids is 2. The minimum atomic E-state index is -1.30. The van der Waals surface area contributed by atoms with Crippen molar-refractivity contribution in [1.29, 1.82) is 0 Å². The first-order chi connectivity index (χ1) is 20.2. The molecule has 1 fully saturated rings. The number of pyridine rings is 1. The minimum absolute atomic E-state index is 0.00599. The van der Waals surface area contributed by atoms with E-state index in [2.05, 4.69) is 15.6 Å². The summed E-state index contributed by atoms with van der Waals surface area (Å²) in [7, 11) is 1.58. The van der Waals surface area contributed by atoms with Gasteiger partial charge in [-0.05, 0) is 60.3 Å². The molecule has 1 aromatic carbocycles. The van der Waals surface area contributed by atoms with Crippen LogP contribution in [0.2, 0.25) is 10.0 Å². The lowest BCUT2D eigenvalue weighted by Crippen LogP contribution is -2.51. The van der Waals surface area contributed by atoms with Gasteiger partial charge in [0.25, 0.3) is 11.8 Å². The third-order valence-electron chi connectivity index (χ3n) is 7.54. The summed E-state index contributed by atoms with van der Waals surface area (Å²) in [5.41, 5.74) is 2.91. The van der Waals surface area contributed by atoms with Gasteiger partial charge in [-0.1, -0.05) is 29.3 Å². The molecule has 0 radical (unpaired) electrons. The number of carbonyl (C=O) groups is 3. The van der Waals surface area contributed by atoms with Gasteiger partial charge in [0.15, 0.2) is 5.96 Å². The molecule has 1 unspecified atom stereocenters. The highest BCUT2D eigenvalue weighted by Gasteiger charge is 2.31. The van der Waals surface area contributed by atoms with E-state index in [-0.39, 0.29) is 39.9 Å². The highest BCUT2D eigenvalue weighted by Crippen LogP contribution is 2.35. The van der Waals surface area contributed by atoms with Crippen LogP contribution in [0.15, 0.2) is 47.7 Å². The zero-order valence-corrected chi connectivity index (χ0v) is 25.0. The lowest BCUT2D eigenvalue weighted by molar-refractivity contribution is -0.139. The van der Waals surface area contributed by atoms with Gasteiger partial charge < -0.3 is 34.5 Å². The summed E-state index contributed by atoms with van der Waals surface area (Å²) in [6.45, 7) is 1.76. The number of halogens is 2. The number of benzene rings is 1. The van der Waals surface area contributed by atoms with Gasteiger partial charge in [-0.2, -0.15) is 0 Å². The zero-order chi connectivity index (χ0) is 30.0. The van der Waals surface area contributed by atoms with Crippen LogP contribution in [0.4, 0.5) is 0 Å². The molecule has 222 valence electrons. The normalized spacial score (nSPS) is 17.7. The zero-order valence-electron chi connectivity index (χ0n) is 22.7. The molecule has 2 aliphatic heterocycles. The Hall–Kier alpha value is -3.45. The molecule has 14 heteroatoms. The molecular weight excluding hydrogens is 603 g/mol. The van der Waals surface area contributed by atoms with Crippen molar-refractivity contribution < 1.29 is 24.0 Å². The number of rotatable bonds is 7. The minimum Gasteiger partial charge on any atom is -0.480 e. The Morgan fingerprint density at radius 3 is 2.69 bits per heavy atom. The lowest BCUT2D eigenvalue weighted by Gasteiger charge is -2.30. The maximum absolute atomic E-state index is 13.3. The molecule has 0 bridgehead atoms. The summed E-state index contributed by atoms with van der Waals surface area (Å²) in [5, 5.41) is 15.6. The molecule has 4 N–H and O–H groups in total. The number of amides is 2. The molecule has 2 aliphatic rings. The maximum atomic E-state index is 13.3. The molecule has 3 aromatic rings. The number of likely N-dealkylation sites (tertiary alicyclic amines) is 1. The summed E-state index contributed by atoms with van der Waals surface area (Å²) in [4.78, 5) is 46.4. The number of aromatic nitrogens is 1. The van der Waals surface area contributed by atoms with Crippen molar-refractivity contribution in [2.45, 2.75) is 30.7 Å². The van der Waals surface area contributed by atoms with Gasteiger partial charge in [-0.3, -0.25) is 14.6 Å². The Bertz CT molecular complexity index is 1530. The van der Waals surface area contributed by atoms with Crippen LogP contribution < -0.4 is 10.6 Å². The number of aliphatic carboxylic acids is 1. The summed E-state index contributed by atoms with van der Waals surface area (Å²) >= 11 is 14.0. The van der Waals surface area contributed by atoms with E-state index in [0.717, 1.165) is 29.5 Å². The molecule has 0 spiro atoms. The van der Waals surface area contributed by atoms with E-state index in [1.54, 1.807) is 24.2 Å². The van der Waals surface area contributed by atoms with Gasteiger partial charge in [-0.25, -0.2) is 4.79 Å². The average Bonchev–Trinajstić information content (AvgIpc) is 3.63. The second-order valence-electron chi connectivity index (χ2n) is 10.2. The van der Waals surface area contributed by atoms with Crippen LogP contribution in [0.3, 0.4) is 0 Å². The van der Waals surface area contributed by atoms with Crippen LogP contribution in [0.25, 0.3) is 5.52 Å². The van der Waals surface area contributed by atoms with Crippen molar-refractivity contribution in [3.63, 3.8) is 0 Å². The number of carboxylic acids is 1. The first-order valence-corrected chi connectivity index (χ1v) is 14.9. The average molecular weight is 634 g/mol. The fourth-order valence-electron chi connectivity index (χ4n) is 5.35.